The summed E-state index contributed by atoms with van der Waals surface area (Å²) in [6, 6.07) is 6.18. The van der Waals surface area contributed by atoms with Gasteiger partial charge in [0, 0.05) is 6.54 Å². The molecule has 1 aromatic carbocycles. The van der Waals surface area contributed by atoms with E-state index in [2.05, 4.69) is 26.6 Å². The highest BCUT2D eigenvalue weighted by atomic mass is 19.1. The van der Waals surface area contributed by atoms with Gasteiger partial charge < -0.3 is 9.67 Å². The van der Waals surface area contributed by atoms with E-state index < -0.39 is 6.10 Å². The molecule has 130 valence electrons. The Hall–Kier alpha value is -1.79. The predicted octanol–water partition coefficient (Wildman–Crippen LogP) is 2.69. The van der Waals surface area contributed by atoms with Crippen molar-refractivity contribution in [3.8, 4) is 0 Å². The van der Waals surface area contributed by atoms with Crippen molar-refractivity contribution < 1.29 is 9.50 Å². The van der Waals surface area contributed by atoms with Crippen LogP contribution in [0.5, 0.6) is 0 Å². The molecule has 2 aromatic rings. The van der Waals surface area contributed by atoms with Gasteiger partial charge in [0.15, 0.2) is 0 Å². The Labute approximate surface area is 142 Å². The Bertz CT molecular complexity index is 662. The minimum absolute atomic E-state index is 0.220. The average Bonchev–Trinajstić information content (AvgIpc) is 2.95. The summed E-state index contributed by atoms with van der Waals surface area (Å²) in [4.78, 5) is 2.36. The summed E-state index contributed by atoms with van der Waals surface area (Å²) in [5, 5.41) is 19.0. The molecule has 1 aliphatic rings. The lowest BCUT2D eigenvalue weighted by molar-refractivity contribution is 0.0557. The van der Waals surface area contributed by atoms with Crippen molar-refractivity contribution in [2.45, 2.75) is 45.9 Å². The normalized spacial score (nSPS) is 18.0. The largest absolute Gasteiger partial charge is 0.388 e. The highest BCUT2D eigenvalue weighted by Gasteiger charge is 2.27. The number of hydrogen-bond donors (Lipinski definition) is 1. The van der Waals surface area contributed by atoms with Gasteiger partial charge in [-0.15, -0.1) is 10.2 Å². The first-order chi connectivity index (χ1) is 11.6. The zero-order chi connectivity index (χ0) is 17.1. The number of nitrogens with zero attached hydrogens (tertiary/aromatic N) is 4. The summed E-state index contributed by atoms with van der Waals surface area (Å²) < 4.78 is 15.2. The van der Waals surface area contributed by atoms with E-state index in [1.54, 1.807) is 12.1 Å². The Morgan fingerprint density at radius 2 is 1.88 bits per heavy atom. The van der Waals surface area contributed by atoms with Crippen LogP contribution in [0.4, 0.5) is 4.39 Å². The van der Waals surface area contributed by atoms with Gasteiger partial charge in [0.1, 0.15) is 17.5 Å². The summed E-state index contributed by atoms with van der Waals surface area (Å²) >= 11 is 0. The molecule has 3 rings (SSSR count). The van der Waals surface area contributed by atoms with Gasteiger partial charge in [-0.2, -0.15) is 0 Å². The summed E-state index contributed by atoms with van der Waals surface area (Å²) in [7, 11) is 0. The Morgan fingerprint density at radius 3 is 2.50 bits per heavy atom. The number of piperidine rings is 1. The molecule has 5 nitrogen and oxygen atoms in total. The highest BCUT2D eigenvalue weighted by molar-refractivity contribution is 5.19. The summed E-state index contributed by atoms with van der Waals surface area (Å²) in [5.74, 6) is 1.91. The van der Waals surface area contributed by atoms with Gasteiger partial charge in [-0.1, -0.05) is 12.1 Å². The van der Waals surface area contributed by atoms with Crippen LogP contribution in [0.15, 0.2) is 24.3 Å². The number of rotatable bonds is 5. The standard InChI is InChI=1S/C18H25FN4O/c1-3-23-13(2)20-21-17(23)12-22-10-8-15(9-11-22)18(24)14-4-6-16(19)7-5-14/h4-7,15,18,24H,3,8-12H2,1-2H3. The number of halogens is 1. The summed E-state index contributed by atoms with van der Waals surface area (Å²) in [5.41, 5.74) is 0.802. The van der Waals surface area contributed by atoms with E-state index in [4.69, 9.17) is 0 Å². The molecule has 1 unspecified atom stereocenters. The van der Waals surface area contributed by atoms with Gasteiger partial charge in [0.2, 0.25) is 0 Å². The molecule has 1 aromatic heterocycles. The molecule has 0 saturated carbocycles. The number of aliphatic hydroxyl groups is 1. The number of likely N-dealkylation sites (tertiary alicyclic amines) is 1. The molecule has 1 fully saturated rings. The molecule has 6 heteroatoms. The molecule has 0 amide bonds. The predicted molar refractivity (Wildman–Crippen MR) is 89.8 cm³/mol. The van der Waals surface area contributed by atoms with Crippen molar-refractivity contribution in [3.05, 3.63) is 47.3 Å². The van der Waals surface area contributed by atoms with Crippen LogP contribution in [0.1, 0.15) is 43.1 Å². The van der Waals surface area contributed by atoms with Crippen molar-refractivity contribution in [2.24, 2.45) is 5.92 Å². The van der Waals surface area contributed by atoms with Crippen LogP contribution < -0.4 is 0 Å². The Balaban J connectivity index is 1.56. The van der Waals surface area contributed by atoms with Gasteiger partial charge in [-0.05, 0) is 63.4 Å². The number of aromatic nitrogens is 3. The minimum Gasteiger partial charge on any atom is -0.388 e. The Morgan fingerprint density at radius 1 is 1.21 bits per heavy atom. The van der Waals surface area contributed by atoms with Crippen molar-refractivity contribution in [2.75, 3.05) is 13.1 Å². The molecule has 1 aliphatic heterocycles. The zero-order valence-corrected chi connectivity index (χ0v) is 14.3. The average molecular weight is 332 g/mol. The third-order valence-corrected chi connectivity index (χ3v) is 4.98. The second-order valence-electron chi connectivity index (χ2n) is 6.52. The fraction of sp³-hybridized carbons (Fsp3) is 0.556. The summed E-state index contributed by atoms with van der Waals surface area (Å²) in [6.07, 6.45) is 1.34. The van der Waals surface area contributed by atoms with Crippen LogP contribution in [0, 0.1) is 18.7 Å². The second kappa shape index (κ2) is 7.40. The molecule has 0 radical (unpaired) electrons. The molecule has 0 bridgehead atoms. The van der Waals surface area contributed by atoms with Crippen LogP contribution in [-0.2, 0) is 13.1 Å². The van der Waals surface area contributed by atoms with Crippen molar-refractivity contribution >= 4 is 0 Å². The number of benzene rings is 1. The van der Waals surface area contributed by atoms with E-state index in [0.717, 1.165) is 56.2 Å². The van der Waals surface area contributed by atoms with Crippen LogP contribution in [0.25, 0.3) is 0 Å². The smallest absolute Gasteiger partial charge is 0.147 e. The second-order valence-corrected chi connectivity index (χ2v) is 6.52. The van der Waals surface area contributed by atoms with Gasteiger partial charge in [-0.25, -0.2) is 4.39 Å². The van der Waals surface area contributed by atoms with E-state index in [1.807, 2.05) is 6.92 Å². The topological polar surface area (TPSA) is 54.2 Å². The molecule has 1 saturated heterocycles. The van der Waals surface area contributed by atoms with E-state index in [0.29, 0.717) is 0 Å². The molecule has 2 heterocycles. The quantitative estimate of drug-likeness (QED) is 0.915. The molecular weight excluding hydrogens is 307 g/mol. The van der Waals surface area contributed by atoms with Crippen LogP contribution >= 0.6 is 0 Å². The van der Waals surface area contributed by atoms with Crippen LogP contribution in [-0.4, -0.2) is 37.9 Å². The van der Waals surface area contributed by atoms with Gasteiger partial charge in [-0.3, -0.25) is 4.90 Å². The van der Waals surface area contributed by atoms with Gasteiger partial charge >= 0.3 is 0 Å². The van der Waals surface area contributed by atoms with E-state index in [1.165, 1.54) is 12.1 Å². The first kappa shape index (κ1) is 17.0. The van der Waals surface area contributed by atoms with Gasteiger partial charge in [0.05, 0.1) is 12.6 Å². The van der Waals surface area contributed by atoms with Crippen LogP contribution in [0.3, 0.4) is 0 Å². The first-order valence-electron chi connectivity index (χ1n) is 8.63. The monoisotopic (exact) mass is 332 g/mol. The minimum atomic E-state index is -0.519. The first-order valence-corrected chi connectivity index (χ1v) is 8.63. The van der Waals surface area contributed by atoms with E-state index >= 15 is 0 Å². The number of aryl methyl sites for hydroxylation is 1. The maximum atomic E-state index is 13.0. The zero-order valence-electron chi connectivity index (χ0n) is 14.3. The Kier molecular flexibility index (Phi) is 5.26. The summed E-state index contributed by atoms with van der Waals surface area (Å²) in [6.45, 7) is 7.62. The molecule has 0 aliphatic carbocycles. The molecular formula is C18H25FN4O. The molecule has 1 atom stereocenters. The lowest BCUT2D eigenvalue weighted by Crippen LogP contribution is -2.36. The lowest BCUT2D eigenvalue weighted by atomic mass is 9.87. The van der Waals surface area contributed by atoms with Crippen molar-refractivity contribution in [1.82, 2.24) is 19.7 Å². The SMILES string of the molecule is CCn1c(C)nnc1CN1CCC(C(O)c2ccc(F)cc2)CC1. The van der Waals surface area contributed by atoms with Gasteiger partial charge in [0.25, 0.3) is 0 Å². The number of aliphatic hydroxyl groups excluding tert-OH is 1. The lowest BCUT2D eigenvalue weighted by Gasteiger charge is -2.34. The fourth-order valence-corrected chi connectivity index (χ4v) is 3.51. The third-order valence-electron chi connectivity index (χ3n) is 4.98. The van der Waals surface area contributed by atoms with E-state index in [9.17, 15) is 9.50 Å². The maximum Gasteiger partial charge on any atom is 0.147 e. The molecule has 0 spiro atoms. The van der Waals surface area contributed by atoms with E-state index in [-0.39, 0.29) is 11.7 Å². The highest BCUT2D eigenvalue weighted by Crippen LogP contribution is 2.31. The van der Waals surface area contributed by atoms with Crippen LogP contribution in [0.2, 0.25) is 0 Å². The molecule has 1 N–H and O–H groups in total. The van der Waals surface area contributed by atoms with Crippen molar-refractivity contribution in [1.29, 1.82) is 0 Å². The fourth-order valence-electron chi connectivity index (χ4n) is 3.51. The number of hydrogen-bond acceptors (Lipinski definition) is 4. The third kappa shape index (κ3) is 3.65. The maximum absolute atomic E-state index is 13.0. The van der Waals surface area contributed by atoms with Crippen molar-refractivity contribution in [3.63, 3.8) is 0 Å². The molecule has 24 heavy (non-hydrogen) atoms.